The Labute approximate surface area is 177 Å². The highest BCUT2D eigenvalue weighted by atomic mass is 19.4. The number of rotatable bonds is 6. The molecule has 0 fully saturated rings. The van der Waals surface area contributed by atoms with Gasteiger partial charge in [-0.25, -0.2) is 4.79 Å². The Balaban J connectivity index is 2.18. The number of ether oxygens (including phenoxy) is 1. The molecule has 0 radical (unpaired) electrons. The van der Waals surface area contributed by atoms with Crippen LogP contribution in [0, 0.1) is 11.8 Å². The summed E-state index contributed by atoms with van der Waals surface area (Å²) in [5, 5.41) is 7.51. The van der Waals surface area contributed by atoms with E-state index in [-0.39, 0.29) is 23.6 Å². The third kappa shape index (κ3) is 6.60. The summed E-state index contributed by atoms with van der Waals surface area (Å²) >= 11 is 0. The topological polar surface area (TPSA) is 69.5 Å². The van der Waals surface area contributed by atoms with E-state index in [4.69, 9.17) is 14.4 Å². The van der Waals surface area contributed by atoms with Gasteiger partial charge < -0.3 is 14.4 Å². The van der Waals surface area contributed by atoms with Crippen LogP contribution in [0.3, 0.4) is 0 Å². The maximum atomic E-state index is 13.0. The highest BCUT2D eigenvalue weighted by molar-refractivity contribution is 6.43. The molecule has 0 aliphatic heterocycles. The second-order valence-corrected chi connectivity index (χ2v) is 6.01. The predicted octanol–water partition coefficient (Wildman–Crippen LogP) is 4.17. The van der Waals surface area contributed by atoms with Crippen molar-refractivity contribution in [3.8, 4) is 11.8 Å². The molecule has 0 atom stereocenters. The fourth-order valence-electron chi connectivity index (χ4n) is 2.48. The Morgan fingerprint density at radius 3 is 2.39 bits per heavy atom. The number of carbonyl (C=O) groups is 1. The summed E-state index contributed by atoms with van der Waals surface area (Å²) in [5.41, 5.74) is 0.137. The van der Waals surface area contributed by atoms with Gasteiger partial charge in [-0.15, -0.1) is 0 Å². The number of hydrogen-bond donors (Lipinski definition) is 0. The van der Waals surface area contributed by atoms with Gasteiger partial charge in [-0.2, -0.15) is 13.2 Å². The molecule has 0 saturated heterocycles. The summed E-state index contributed by atoms with van der Waals surface area (Å²) in [7, 11) is 2.52. The second-order valence-electron chi connectivity index (χ2n) is 6.01. The lowest BCUT2D eigenvalue weighted by Gasteiger charge is -2.09. The SMILES string of the molecule is CO/N=C(/C(=O)OC)c1ccccc1CO/N=C(\C)C#Cc1ccccc1C(F)(F)F. The quantitative estimate of drug-likeness (QED) is 0.297. The molecule has 2 aromatic rings. The maximum absolute atomic E-state index is 13.0. The number of carbonyl (C=O) groups excluding carboxylic acids is 1. The first kappa shape index (κ1) is 23.5. The van der Waals surface area contributed by atoms with E-state index in [0.29, 0.717) is 11.1 Å². The van der Waals surface area contributed by atoms with E-state index in [1.54, 1.807) is 24.3 Å². The normalized spacial score (nSPS) is 11.9. The second kappa shape index (κ2) is 10.8. The van der Waals surface area contributed by atoms with Crippen molar-refractivity contribution in [3.05, 3.63) is 70.8 Å². The zero-order valence-corrected chi connectivity index (χ0v) is 17.0. The Hall–Kier alpha value is -3.80. The minimum Gasteiger partial charge on any atom is -0.464 e. The molecule has 0 spiro atoms. The zero-order chi connectivity index (χ0) is 22.9. The number of alkyl halides is 3. The van der Waals surface area contributed by atoms with Crippen molar-refractivity contribution in [2.24, 2.45) is 10.3 Å². The molecule has 0 aliphatic rings. The molecule has 0 aromatic heterocycles. The number of nitrogens with zero attached hydrogens (tertiary/aromatic N) is 2. The number of oxime groups is 2. The van der Waals surface area contributed by atoms with Gasteiger partial charge in [0.05, 0.1) is 12.7 Å². The van der Waals surface area contributed by atoms with Gasteiger partial charge in [0, 0.05) is 16.7 Å². The van der Waals surface area contributed by atoms with Crippen molar-refractivity contribution < 1.29 is 32.4 Å². The van der Waals surface area contributed by atoms with E-state index in [0.717, 1.165) is 6.07 Å². The monoisotopic (exact) mass is 432 g/mol. The van der Waals surface area contributed by atoms with Crippen LogP contribution in [-0.4, -0.2) is 31.6 Å². The largest absolute Gasteiger partial charge is 0.464 e. The molecule has 0 unspecified atom stereocenters. The predicted molar refractivity (Wildman–Crippen MR) is 108 cm³/mol. The fraction of sp³-hybridized carbons (Fsp3) is 0.227. The van der Waals surface area contributed by atoms with Gasteiger partial charge in [0.1, 0.15) is 19.4 Å². The fourth-order valence-corrected chi connectivity index (χ4v) is 2.48. The number of esters is 1. The van der Waals surface area contributed by atoms with Gasteiger partial charge in [0.15, 0.2) is 5.71 Å². The Kier molecular flexibility index (Phi) is 8.20. The van der Waals surface area contributed by atoms with Crippen molar-refractivity contribution in [1.29, 1.82) is 0 Å². The van der Waals surface area contributed by atoms with Crippen LogP contribution < -0.4 is 0 Å². The van der Waals surface area contributed by atoms with Crippen LogP contribution in [0.25, 0.3) is 0 Å². The lowest BCUT2D eigenvalue weighted by molar-refractivity contribution is -0.137. The molecule has 2 aromatic carbocycles. The zero-order valence-electron chi connectivity index (χ0n) is 17.0. The van der Waals surface area contributed by atoms with E-state index < -0.39 is 17.7 Å². The first-order chi connectivity index (χ1) is 14.8. The average molecular weight is 432 g/mol. The van der Waals surface area contributed by atoms with Crippen molar-refractivity contribution in [2.45, 2.75) is 19.7 Å². The van der Waals surface area contributed by atoms with Crippen LogP contribution in [0.15, 0.2) is 58.8 Å². The van der Waals surface area contributed by atoms with E-state index >= 15 is 0 Å². The highest BCUT2D eigenvalue weighted by Crippen LogP contribution is 2.31. The summed E-state index contributed by atoms with van der Waals surface area (Å²) < 4.78 is 43.8. The summed E-state index contributed by atoms with van der Waals surface area (Å²) in [4.78, 5) is 21.9. The molecule has 162 valence electrons. The molecular formula is C22H19F3N2O4. The first-order valence-corrected chi connectivity index (χ1v) is 8.90. The van der Waals surface area contributed by atoms with Crippen LogP contribution in [0.1, 0.15) is 29.2 Å². The lowest BCUT2D eigenvalue weighted by Crippen LogP contribution is -2.19. The van der Waals surface area contributed by atoms with Crippen molar-refractivity contribution in [2.75, 3.05) is 14.2 Å². The van der Waals surface area contributed by atoms with Gasteiger partial charge in [0.25, 0.3) is 0 Å². The van der Waals surface area contributed by atoms with Crippen LogP contribution >= 0.6 is 0 Å². The van der Waals surface area contributed by atoms with E-state index in [2.05, 4.69) is 22.2 Å². The highest BCUT2D eigenvalue weighted by Gasteiger charge is 2.32. The van der Waals surface area contributed by atoms with Crippen LogP contribution in [0.4, 0.5) is 13.2 Å². The average Bonchev–Trinajstić information content (AvgIpc) is 2.75. The smallest absolute Gasteiger partial charge is 0.417 e. The Bertz CT molecular complexity index is 1050. The van der Waals surface area contributed by atoms with E-state index in [1.807, 2.05) is 0 Å². The Morgan fingerprint density at radius 1 is 1.03 bits per heavy atom. The van der Waals surface area contributed by atoms with Crippen LogP contribution in [0.5, 0.6) is 0 Å². The number of benzene rings is 2. The minimum absolute atomic E-state index is 0.0476. The summed E-state index contributed by atoms with van der Waals surface area (Å²) in [5.74, 6) is 4.31. The standard InChI is InChI=1S/C22H19F3N2O4/c1-15(12-13-16-8-5-7-11-19(16)22(23,24)25)26-31-14-17-9-4-6-10-18(17)20(27-30-3)21(28)29-2/h4-11H,14H2,1-3H3/b26-15+,27-20+. The molecule has 9 heteroatoms. The van der Waals surface area contributed by atoms with Gasteiger partial charge in [-0.3, -0.25) is 0 Å². The lowest BCUT2D eigenvalue weighted by atomic mass is 10.0. The number of halogens is 3. The van der Waals surface area contributed by atoms with E-state index in [1.165, 1.54) is 39.3 Å². The summed E-state index contributed by atoms with van der Waals surface area (Å²) in [6.45, 7) is 1.45. The molecule has 0 aliphatic carbocycles. The molecule has 0 amide bonds. The van der Waals surface area contributed by atoms with Crippen LogP contribution in [-0.2, 0) is 32.0 Å². The third-order valence-electron chi connectivity index (χ3n) is 3.87. The van der Waals surface area contributed by atoms with E-state index in [9.17, 15) is 18.0 Å². The van der Waals surface area contributed by atoms with Crippen molar-refractivity contribution in [1.82, 2.24) is 0 Å². The first-order valence-electron chi connectivity index (χ1n) is 8.90. The molecule has 0 heterocycles. The molecule has 2 rings (SSSR count). The van der Waals surface area contributed by atoms with Crippen molar-refractivity contribution >= 4 is 17.4 Å². The third-order valence-corrected chi connectivity index (χ3v) is 3.87. The Morgan fingerprint density at radius 2 is 1.71 bits per heavy atom. The summed E-state index contributed by atoms with van der Waals surface area (Å²) in [6, 6.07) is 11.8. The molecule has 6 nitrogen and oxygen atoms in total. The van der Waals surface area contributed by atoms with Gasteiger partial charge in [-0.05, 0) is 25.0 Å². The minimum atomic E-state index is -4.50. The molecule has 0 bridgehead atoms. The maximum Gasteiger partial charge on any atom is 0.417 e. The molecule has 0 saturated carbocycles. The molecule has 31 heavy (non-hydrogen) atoms. The number of hydrogen-bond acceptors (Lipinski definition) is 6. The molecule has 0 N–H and O–H groups in total. The van der Waals surface area contributed by atoms with Gasteiger partial charge in [0.2, 0.25) is 0 Å². The summed E-state index contributed by atoms with van der Waals surface area (Å²) in [6.07, 6.45) is -4.50. The van der Waals surface area contributed by atoms with Gasteiger partial charge in [-0.1, -0.05) is 52.6 Å². The molecular weight excluding hydrogens is 413 g/mol. The number of methoxy groups -OCH3 is 1. The van der Waals surface area contributed by atoms with Crippen molar-refractivity contribution in [3.63, 3.8) is 0 Å². The van der Waals surface area contributed by atoms with Crippen LogP contribution in [0.2, 0.25) is 0 Å². The van der Waals surface area contributed by atoms with Gasteiger partial charge >= 0.3 is 12.1 Å².